The second-order valence-corrected chi connectivity index (χ2v) is 3.19. The van der Waals surface area contributed by atoms with Crippen LogP contribution in [0.5, 0.6) is 5.75 Å². The van der Waals surface area contributed by atoms with Crippen LogP contribution in [0.25, 0.3) is 0 Å². The Morgan fingerprint density at radius 3 is 2.12 bits per heavy atom. The third kappa shape index (κ3) is 3.12. The molecule has 0 aromatic heterocycles. The zero-order chi connectivity index (χ0) is 12.3. The molecule has 1 aromatic rings. The van der Waals surface area contributed by atoms with E-state index in [2.05, 4.69) is 6.58 Å². The molecule has 0 aliphatic heterocycles. The van der Waals surface area contributed by atoms with Crippen molar-refractivity contribution in [2.24, 2.45) is 0 Å². The van der Waals surface area contributed by atoms with Gasteiger partial charge in [-0.2, -0.15) is 13.2 Å². The van der Waals surface area contributed by atoms with Crippen molar-refractivity contribution in [1.82, 2.24) is 0 Å². The largest absolute Gasteiger partial charge is 0.423 e. The Kier molecular flexibility index (Phi) is 3.37. The molecule has 0 fully saturated rings. The van der Waals surface area contributed by atoms with Crippen LogP contribution in [-0.2, 0) is 11.0 Å². The number of carbonyl (C=O) groups excluding carboxylic acids is 1. The van der Waals surface area contributed by atoms with Crippen LogP contribution in [0.1, 0.15) is 12.5 Å². The molecule has 0 N–H and O–H groups in total. The van der Waals surface area contributed by atoms with Crippen molar-refractivity contribution >= 4 is 5.97 Å². The SMILES string of the molecule is C=C(C)C(=O)Oc1ccc(C(F)(F)F)cc1. The maximum Gasteiger partial charge on any atom is 0.416 e. The fourth-order valence-electron chi connectivity index (χ4n) is 0.906. The minimum Gasteiger partial charge on any atom is -0.423 e. The average molecular weight is 230 g/mol. The van der Waals surface area contributed by atoms with Crippen molar-refractivity contribution in [3.05, 3.63) is 42.0 Å². The first-order chi connectivity index (χ1) is 7.30. The summed E-state index contributed by atoms with van der Waals surface area (Å²) < 4.78 is 41.3. The number of rotatable bonds is 2. The van der Waals surface area contributed by atoms with Crippen LogP contribution in [0.3, 0.4) is 0 Å². The number of ether oxygens (including phenoxy) is 1. The molecule has 0 radical (unpaired) electrons. The van der Waals surface area contributed by atoms with Gasteiger partial charge in [0.25, 0.3) is 0 Å². The Balaban J connectivity index is 2.80. The van der Waals surface area contributed by atoms with E-state index in [1.807, 2.05) is 0 Å². The minimum absolute atomic E-state index is 0.0565. The Hall–Kier alpha value is -1.78. The van der Waals surface area contributed by atoms with Gasteiger partial charge >= 0.3 is 12.1 Å². The van der Waals surface area contributed by atoms with Crippen LogP contribution < -0.4 is 4.74 Å². The fourth-order valence-corrected chi connectivity index (χ4v) is 0.906. The van der Waals surface area contributed by atoms with Crippen LogP contribution >= 0.6 is 0 Å². The quantitative estimate of drug-likeness (QED) is 0.443. The molecule has 0 unspecified atom stereocenters. The van der Waals surface area contributed by atoms with E-state index in [1.165, 1.54) is 6.92 Å². The van der Waals surface area contributed by atoms with Crippen molar-refractivity contribution in [2.75, 3.05) is 0 Å². The highest BCUT2D eigenvalue weighted by Gasteiger charge is 2.30. The zero-order valence-electron chi connectivity index (χ0n) is 8.47. The summed E-state index contributed by atoms with van der Waals surface area (Å²) in [5.74, 6) is -0.610. The second kappa shape index (κ2) is 4.38. The average Bonchev–Trinajstić information content (AvgIpc) is 2.17. The second-order valence-electron chi connectivity index (χ2n) is 3.19. The van der Waals surface area contributed by atoms with E-state index in [0.29, 0.717) is 0 Å². The summed E-state index contributed by atoms with van der Waals surface area (Å²) in [5, 5.41) is 0. The Bertz CT molecular complexity index is 404. The lowest BCUT2D eigenvalue weighted by atomic mass is 10.2. The van der Waals surface area contributed by atoms with Gasteiger partial charge in [-0.05, 0) is 31.2 Å². The van der Waals surface area contributed by atoms with Crippen LogP contribution in [0.4, 0.5) is 13.2 Å². The first-order valence-electron chi connectivity index (χ1n) is 4.35. The van der Waals surface area contributed by atoms with E-state index in [4.69, 9.17) is 4.74 Å². The molecule has 1 aromatic carbocycles. The van der Waals surface area contributed by atoms with Gasteiger partial charge in [-0.15, -0.1) is 0 Å². The molecule has 5 heteroatoms. The molecule has 0 saturated carbocycles. The number of carbonyl (C=O) groups is 1. The summed E-state index contributed by atoms with van der Waals surface area (Å²) in [6.07, 6.45) is -4.39. The van der Waals surface area contributed by atoms with Crippen molar-refractivity contribution in [3.8, 4) is 5.75 Å². The summed E-state index contributed by atoms with van der Waals surface area (Å²) in [5.41, 5.74) is -0.609. The topological polar surface area (TPSA) is 26.3 Å². The predicted molar refractivity (Wildman–Crippen MR) is 51.9 cm³/mol. The fraction of sp³-hybridized carbons (Fsp3) is 0.182. The van der Waals surface area contributed by atoms with E-state index < -0.39 is 17.7 Å². The van der Waals surface area contributed by atoms with Crippen molar-refractivity contribution in [1.29, 1.82) is 0 Å². The van der Waals surface area contributed by atoms with Gasteiger partial charge in [0.1, 0.15) is 5.75 Å². The highest BCUT2D eigenvalue weighted by molar-refractivity contribution is 5.88. The number of benzene rings is 1. The van der Waals surface area contributed by atoms with Gasteiger partial charge < -0.3 is 4.74 Å². The van der Waals surface area contributed by atoms with Gasteiger partial charge in [-0.25, -0.2) is 4.79 Å². The molecule has 1 rings (SSSR count). The van der Waals surface area contributed by atoms with Gasteiger partial charge in [0.05, 0.1) is 5.56 Å². The molecule has 0 amide bonds. The third-order valence-electron chi connectivity index (χ3n) is 1.74. The first-order valence-corrected chi connectivity index (χ1v) is 4.35. The van der Waals surface area contributed by atoms with Gasteiger partial charge in [0.2, 0.25) is 0 Å². The molecule has 0 spiro atoms. The normalized spacial score (nSPS) is 11.0. The molecule has 0 atom stereocenters. The lowest BCUT2D eigenvalue weighted by molar-refractivity contribution is -0.137. The molecule has 2 nitrogen and oxygen atoms in total. The van der Waals surface area contributed by atoms with Crippen LogP contribution in [0.2, 0.25) is 0 Å². The first kappa shape index (κ1) is 12.3. The standard InChI is InChI=1S/C11H9F3O2/c1-7(2)10(15)16-9-5-3-8(4-6-9)11(12,13)14/h3-6H,1H2,2H3. The minimum atomic E-state index is -4.39. The highest BCUT2D eigenvalue weighted by atomic mass is 19.4. The molecular formula is C11H9F3O2. The van der Waals surface area contributed by atoms with E-state index in [0.717, 1.165) is 24.3 Å². The molecule has 0 aliphatic rings. The van der Waals surface area contributed by atoms with E-state index in [-0.39, 0.29) is 11.3 Å². The molecule has 86 valence electrons. The Morgan fingerprint density at radius 2 is 1.75 bits per heavy atom. The van der Waals surface area contributed by atoms with E-state index in [1.54, 1.807) is 0 Å². The van der Waals surface area contributed by atoms with Crippen molar-refractivity contribution in [3.63, 3.8) is 0 Å². The molecule has 0 bridgehead atoms. The maximum atomic E-state index is 12.2. The lowest BCUT2D eigenvalue weighted by Gasteiger charge is -2.07. The van der Waals surface area contributed by atoms with Crippen LogP contribution in [0.15, 0.2) is 36.4 Å². The molecule has 0 aliphatic carbocycles. The zero-order valence-corrected chi connectivity index (χ0v) is 8.47. The maximum absolute atomic E-state index is 12.2. The number of alkyl halides is 3. The summed E-state index contributed by atoms with van der Waals surface area (Å²) in [6.45, 7) is 4.80. The Labute approximate surface area is 90.3 Å². The van der Waals surface area contributed by atoms with E-state index >= 15 is 0 Å². The van der Waals surface area contributed by atoms with Crippen molar-refractivity contribution < 1.29 is 22.7 Å². The smallest absolute Gasteiger partial charge is 0.416 e. The monoisotopic (exact) mass is 230 g/mol. The molecule has 16 heavy (non-hydrogen) atoms. The summed E-state index contributed by atoms with van der Waals surface area (Å²) in [7, 11) is 0. The molecule has 0 saturated heterocycles. The number of hydrogen-bond donors (Lipinski definition) is 0. The number of hydrogen-bond acceptors (Lipinski definition) is 2. The van der Waals surface area contributed by atoms with Gasteiger partial charge in [0, 0.05) is 5.57 Å². The Morgan fingerprint density at radius 1 is 1.25 bits per heavy atom. The van der Waals surface area contributed by atoms with Gasteiger partial charge in [-0.3, -0.25) is 0 Å². The predicted octanol–water partition coefficient (Wildman–Crippen LogP) is 3.19. The van der Waals surface area contributed by atoms with Gasteiger partial charge in [-0.1, -0.05) is 6.58 Å². The third-order valence-corrected chi connectivity index (χ3v) is 1.74. The number of halogens is 3. The van der Waals surface area contributed by atoms with Crippen LogP contribution in [-0.4, -0.2) is 5.97 Å². The van der Waals surface area contributed by atoms with Crippen molar-refractivity contribution in [2.45, 2.75) is 13.1 Å². The summed E-state index contributed by atoms with van der Waals surface area (Å²) >= 11 is 0. The highest BCUT2D eigenvalue weighted by Crippen LogP contribution is 2.30. The summed E-state index contributed by atoms with van der Waals surface area (Å²) in [6, 6.07) is 3.87. The lowest BCUT2D eigenvalue weighted by Crippen LogP contribution is -2.09. The molecular weight excluding hydrogens is 221 g/mol. The van der Waals surface area contributed by atoms with E-state index in [9.17, 15) is 18.0 Å². The summed E-state index contributed by atoms with van der Waals surface area (Å²) in [4.78, 5) is 11.1. The molecule has 0 heterocycles. The van der Waals surface area contributed by atoms with Crippen LogP contribution in [0, 0.1) is 0 Å². The number of esters is 1. The van der Waals surface area contributed by atoms with Gasteiger partial charge in [0.15, 0.2) is 0 Å².